The molecule has 0 aliphatic heterocycles. The second-order valence-electron chi connectivity index (χ2n) is 7.87. The van der Waals surface area contributed by atoms with Crippen molar-refractivity contribution >= 4 is 17.7 Å². The zero-order valence-electron chi connectivity index (χ0n) is 16.6. The van der Waals surface area contributed by atoms with Gasteiger partial charge in [-0.1, -0.05) is 69.3 Å². The standard InChI is InChI=1S/C21H29N3O2S/c1-14(2)17-11-10-15(3)12-18(17)26-19(25)13-27-21-23-22-20(24(21)4)16-8-6-5-7-9-16/h5-9,14-15,17-18H,10-13H2,1-4H3/t15-,17+,18+/m0/s1. The Morgan fingerprint density at radius 2 is 2.00 bits per heavy atom. The van der Waals surface area contributed by atoms with E-state index in [1.165, 1.54) is 18.2 Å². The van der Waals surface area contributed by atoms with Crippen LogP contribution in [0.15, 0.2) is 35.5 Å². The number of benzene rings is 1. The molecule has 0 unspecified atom stereocenters. The van der Waals surface area contributed by atoms with Crippen LogP contribution < -0.4 is 0 Å². The molecule has 1 heterocycles. The van der Waals surface area contributed by atoms with Crippen LogP contribution in [0.5, 0.6) is 0 Å². The SMILES string of the molecule is CC(C)[C@H]1CC[C@H](C)C[C@H]1OC(=O)CSc1nnc(-c2ccccc2)n1C. The van der Waals surface area contributed by atoms with E-state index < -0.39 is 0 Å². The van der Waals surface area contributed by atoms with E-state index in [1.54, 1.807) is 0 Å². The van der Waals surface area contributed by atoms with E-state index >= 15 is 0 Å². The van der Waals surface area contributed by atoms with Crippen LogP contribution in [0.1, 0.15) is 40.0 Å². The molecule has 1 saturated carbocycles. The van der Waals surface area contributed by atoms with Gasteiger partial charge in [0.15, 0.2) is 11.0 Å². The molecule has 0 spiro atoms. The molecular formula is C21H29N3O2S. The molecule has 0 N–H and O–H groups in total. The molecule has 3 atom stereocenters. The number of hydrogen-bond donors (Lipinski definition) is 0. The molecule has 1 aromatic heterocycles. The fourth-order valence-corrected chi connectivity index (χ4v) is 4.55. The Kier molecular flexibility index (Phi) is 6.58. The minimum atomic E-state index is -0.158. The lowest BCUT2D eigenvalue weighted by atomic mass is 9.75. The van der Waals surface area contributed by atoms with Gasteiger partial charge in [0.25, 0.3) is 0 Å². The first-order chi connectivity index (χ1) is 13.0. The number of thioether (sulfide) groups is 1. The molecule has 1 aromatic carbocycles. The van der Waals surface area contributed by atoms with E-state index in [-0.39, 0.29) is 17.8 Å². The van der Waals surface area contributed by atoms with E-state index in [1.807, 2.05) is 41.9 Å². The molecule has 0 saturated heterocycles. The summed E-state index contributed by atoms with van der Waals surface area (Å²) in [5.41, 5.74) is 1.01. The Hall–Kier alpha value is -1.82. The topological polar surface area (TPSA) is 57.0 Å². The average molecular weight is 388 g/mol. The van der Waals surface area contributed by atoms with Gasteiger partial charge < -0.3 is 9.30 Å². The number of rotatable bonds is 6. The highest BCUT2D eigenvalue weighted by atomic mass is 32.2. The monoisotopic (exact) mass is 387 g/mol. The van der Waals surface area contributed by atoms with E-state index in [2.05, 4.69) is 31.0 Å². The highest BCUT2D eigenvalue weighted by Gasteiger charge is 2.33. The van der Waals surface area contributed by atoms with Gasteiger partial charge in [0.1, 0.15) is 6.10 Å². The van der Waals surface area contributed by atoms with Crippen molar-refractivity contribution in [1.29, 1.82) is 0 Å². The molecule has 5 nitrogen and oxygen atoms in total. The van der Waals surface area contributed by atoms with Crippen LogP contribution in [0.25, 0.3) is 11.4 Å². The van der Waals surface area contributed by atoms with Crippen LogP contribution >= 0.6 is 11.8 Å². The average Bonchev–Trinajstić information content (AvgIpc) is 3.01. The lowest BCUT2D eigenvalue weighted by Crippen LogP contribution is -2.36. The summed E-state index contributed by atoms with van der Waals surface area (Å²) in [5, 5.41) is 9.22. The third-order valence-corrected chi connectivity index (χ3v) is 6.42. The normalized spacial score (nSPS) is 22.8. The van der Waals surface area contributed by atoms with Gasteiger partial charge in [-0.15, -0.1) is 10.2 Å². The Morgan fingerprint density at radius 1 is 1.26 bits per heavy atom. The predicted octanol–water partition coefficient (Wildman–Crippen LogP) is 4.58. The molecule has 146 valence electrons. The molecule has 1 fully saturated rings. The van der Waals surface area contributed by atoms with Crippen LogP contribution in [-0.4, -0.2) is 32.6 Å². The maximum Gasteiger partial charge on any atom is 0.316 e. The van der Waals surface area contributed by atoms with Gasteiger partial charge in [0.2, 0.25) is 0 Å². The van der Waals surface area contributed by atoms with Crippen LogP contribution in [-0.2, 0) is 16.6 Å². The van der Waals surface area contributed by atoms with E-state index in [9.17, 15) is 4.79 Å². The Labute approximate surface area is 165 Å². The van der Waals surface area contributed by atoms with E-state index in [4.69, 9.17) is 4.74 Å². The predicted molar refractivity (Wildman–Crippen MR) is 108 cm³/mol. The van der Waals surface area contributed by atoms with Crippen molar-refractivity contribution in [1.82, 2.24) is 14.8 Å². The van der Waals surface area contributed by atoms with Gasteiger partial charge in [-0.05, 0) is 30.6 Å². The van der Waals surface area contributed by atoms with Crippen LogP contribution in [0.4, 0.5) is 0 Å². The number of esters is 1. The Morgan fingerprint density at radius 3 is 2.70 bits per heavy atom. The number of carbonyl (C=O) groups excluding carboxylic acids is 1. The zero-order valence-corrected chi connectivity index (χ0v) is 17.4. The van der Waals surface area contributed by atoms with Crippen molar-refractivity contribution in [3.05, 3.63) is 30.3 Å². The molecule has 1 aliphatic rings. The summed E-state index contributed by atoms with van der Waals surface area (Å²) in [6, 6.07) is 9.93. The van der Waals surface area contributed by atoms with Gasteiger partial charge in [0.05, 0.1) is 5.75 Å². The zero-order chi connectivity index (χ0) is 19.4. The third kappa shape index (κ3) is 4.92. The summed E-state index contributed by atoms with van der Waals surface area (Å²) in [7, 11) is 1.92. The lowest BCUT2D eigenvalue weighted by Gasteiger charge is -2.36. The molecule has 0 amide bonds. The van der Waals surface area contributed by atoms with Gasteiger partial charge in [-0.2, -0.15) is 0 Å². The smallest absolute Gasteiger partial charge is 0.316 e. The number of ether oxygens (including phenoxy) is 1. The van der Waals surface area contributed by atoms with Gasteiger partial charge in [0, 0.05) is 12.6 Å². The number of carbonyl (C=O) groups is 1. The van der Waals surface area contributed by atoms with Crippen molar-refractivity contribution < 1.29 is 9.53 Å². The minimum absolute atomic E-state index is 0.0428. The summed E-state index contributed by atoms with van der Waals surface area (Å²) >= 11 is 1.38. The molecule has 0 bridgehead atoms. The first-order valence-electron chi connectivity index (χ1n) is 9.72. The van der Waals surface area contributed by atoms with Gasteiger partial charge >= 0.3 is 5.97 Å². The van der Waals surface area contributed by atoms with Crippen LogP contribution in [0, 0.1) is 17.8 Å². The van der Waals surface area contributed by atoms with Crippen molar-refractivity contribution in [2.24, 2.45) is 24.8 Å². The minimum Gasteiger partial charge on any atom is -0.461 e. The van der Waals surface area contributed by atoms with Gasteiger partial charge in [-0.3, -0.25) is 4.79 Å². The molecule has 6 heteroatoms. The summed E-state index contributed by atoms with van der Waals surface area (Å²) < 4.78 is 7.79. The first kappa shape index (κ1) is 19.9. The van der Waals surface area contributed by atoms with E-state index in [0.29, 0.717) is 17.8 Å². The Bertz CT molecular complexity index is 760. The van der Waals surface area contributed by atoms with E-state index in [0.717, 1.165) is 29.4 Å². The third-order valence-electron chi connectivity index (χ3n) is 5.43. The summed E-state index contributed by atoms with van der Waals surface area (Å²) in [6.45, 7) is 6.69. The second kappa shape index (κ2) is 8.91. The largest absolute Gasteiger partial charge is 0.461 e. The number of aromatic nitrogens is 3. The maximum atomic E-state index is 12.4. The molecule has 3 rings (SSSR count). The quantitative estimate of drug-likeness (QED) is 0.536. The summed E-state index contributed by atoms with van der Waals surface area (Å²) in [6.07, 6.45) is 3.39. The number of hydrogen-bond acceptors (Lipinski definition) is 5. The highest BCUT2D eigenvalue weighted by Crippen LogP contribution is 2.35. The highest BCUT2D eigenvalue weighted by molar-refractivity contribution is 7.99. The molecule has 2 aromatic rings. The van der Waals surface area contributed by atoms with Gasteiger partial charge in [-0.25, -0.2) is 0 Å². The second-order valence-corrected chi connectivity index (χ2v) is 8.82. The van der Waals surface area contributed by atoms with Crippen molar-refractivity contribution in [3.63, 3.8) is 0 Å². The first-order valence-corrected chi connectivity index (χ1v) is 10.7. The van der Waals surface area contributed by atoms with Crippen LogP contribution in [0.3, 0.4) is 0 Å². The summed E-state index contributed by atoms with van der Waals surface area (Å²) in [5.74, 6) is 2.53. The molecule has 1 aliphatic carbocycles. The lowest BCUT2D eigenvalue weighted by molar-refractivity contribution is -0.152. The fourth-order valence-electron chi connectivity index (χ4n) is 3.86. The maximum absolute atomic E-state index is 12.4. The fraction of sp³-hybridized carbons (Fsp3) is 0.571. The van der Waals surface area contributed by atoms with Crippen molar-refractivity contribution in [2.45, 2.75) is 51.3 Å². The molecular weight excluding hydrogens is 358 g/mol. The van der Waals surface area contributed by atoms with Crippen molar-refractivity contribution in [3.8, 4) is 11.4 Å². The van der Waals surface area contributed by atoms with Crippen LogP contribution in [0.2, 0.25) is 0 Å². The number of nitrogens with zero attached hydrogens (tertiary/aromatic N) is 3. The Balaban J connectivity index is 1.58. The molecule has 27 heavy (non-hydrogen) atoms. The molecule has 0 radical (unpaired) electrons. The summed E-state index contributed by atoms with van der Waals surface area (Å²) in [4.78, 5) is 12.4. The van der Waals surface area contributed by atoms with Crippen molar-refractivity contribution in [2.75, 3.05) is 5.75 Å².